The number of hydrogen-bond acceptors (Lipinski definition) is 3. The minimum absolute atomic E-state index is 0.00257. The van der Waals surface area contributed by atoms with Crippen molar-refractivity contribution in [3.63, 3.8) is 0 Å². The Kier molecular flexibility index (Phi) is 3.42. The maximum Gasteiger partial charge on any atom is 0.252 e. The summed E-state index contributed by atoms with van der Waals surface area (Å²) in [6, 6.07) is 5.94. The van der Waals surface area contributed by atoms with Crippen molar-refractivity contribution in [2.45, 2.75) is 50.2 Å². The summed E-state index contributed by atoms with van der Waals surface area (Å²) in [5, 5.41) is 13.4. The Morgan fingerprint density at radius 2 is 2.15 bits per heavy atom. The number of benzene rings is 1. The Hall–Kier alpha value is -1.55. The van der Waals surface area contributed by atoms with Crippen LogP contribution in [0.5, 0.6) is 5.75 Å². The molecule has 1 aromatic carbocycles. The van der Waals surface area contributed by atoms with Crippen LogP contribution in [-0.4, -0.2) is 23.7 Å². The predicted molar refractivity (Wildman–Crippen MR) is 75.6 cm³/mol. The van der Waals surface area contributed by atoms with E-state index in [-0.39, 0.29) is 11.9 Å². The highest BCUT2D eigenvalue weighted by atomic mass is 16.5. The highest BCUT2D eigenvalue weighted by Gasteiger charge is 2.40. The number of methoxy groups -OCH3 is 1. The molecule has 1 atom stereocenters. The van der Waals surface area contributed by atoms with Crippen LogP contribution in [0.2, 0.25) is 0 Å². The van der Waals surface area contributed by atoms with Crippen molar-refractivity contribution in [2.75, 3.05) is 7.11 Å². The minimum atomic E-state index is -1.15. The lowest BCUT2D eigenvalue weighted by atomic mass is 10.00. The standard InChI is InChI=1S/C16H21NO3/c1-20-14-6-4-5-11-12(14)7-8-13(11)17-15(18)16(19)9-2-3-10-16/h4-6,13,19H,2-3,7-10H2,1H3,(H,17,18). The molecule has 2 aliphatic rings. The number of hydrogen-bond donors (Lipinski definition) is 2. The first-order chi connectivity index (χ1) is 9.64. The Morgan fingerprint density at radius 1 is 1.40 bits per heavy atom. The van der Waals surface area contributed by atoms with Gasteiger partial charge in [-0.25, -0.2) is 0 Å². The molecule has 4 heteroatoms. The first kappa shape index (κ1) is 13.4. The lowest BCUT2D eigenvalue weighted by Crippen LogP contribution is -2.45. The smallest absolute Gasteiger partial charge is 0.252 e. The summed E-state index contributed by atoms with van der Waals surface area (Å²) < 4.78 is 5.37. The van der Waals surface area contributed by atoms with Crippen molar-refractivity contribution >= 4 is 5.91 Å². The first-order valence-electron chi connectivity index (χ1n) is 7.33. The summed E-state index contributed by atoms with van der Waals surface area (Å²) >= 11 is 0. The molecule has 0 heterocycles. The maximum atomic E-state index is 12.3. The summed E-state index contributed by atoms with van der Waals surface area (Å²) in [5.41, 5.74) is 1.15. The molecule has 0 aliphatic heterocycles. The molecular formula is C16H21NO3. The number of aliphatic hydroxyl groups is 1. The van der Waals surface area contributed by atoms with Crippen molar-refractivity contribution < 1.29 is 14.6 Å². The largest absolute Gasteiger partial charge is 0.496 e. The molecule has 4 nitrogen and oxygen atoms in total. The van der Waals surface area contributed by atoms with E-state index in [0.717, 1.165) is 37.0 Å². The zero-order valence-electron chi connectivity index (χ0n) is 11.8. The van der Waals surface area contributed by atoms with Gasteiger partial charge in [-0.15, -0.1) is 0 Å². The molecule has 3 rings (SSSR count). The van der Waals surface area contributed by atoms with Gasteiger partial charge in [-0.3, -0.25) is 4.79 Å². The van der Waals surface area contributed by atoms with Crippen molar-refractivity contribution in [3.8, 4) is 5.75 Å². The molecule has 0 spiro atoms. The van der Waals surface area contributed by atoms with Gasteiger partial charge in [0.1, 0.15) is 11.4 Å². The molecule has 1 amide bonds. The average Bonchev–Trinajstić information content (AvgIpc) is 3.06. The number of carbonyl (C=O) groups is 1. The Labute approximate surface area is 119 Å². The predicted octanol–water partition coefficient (Wildman–Crippen LogP) is 2.10. The topological polar surface area (TPSA) is 58.6 Å². The van der Waals surface area contributed by atoms with E-state index in [1.807, 2.05) is 18.2 Å². The highest BCUT2D eigenvalue weighted by Crippen LogP contribution is 2.38. The van der Waals surface area contributed by atoms with E-state index in [0.29, 0.717) is 12.8 Å². The second kappa shape index (κ2) is 5.09. The second-order valence-corrected chi connectivity index (χ2v) is 5.83. The van der Waals surface area contributed by atoms with Crippen LogP contribution in [-0.2, 0) is 11.2 Å². The summed E-state index contributed by atoms with van der Waals surface area (Å²) in [6.45, 7) is 0. The summed E-state index contributed by atoms with van der Waals surface area (Å²) in [4.78, 5) is 12.3. The fourth-order valence-electron chi connectivity index (χ4n) is 3.44. The van der Waals surface area contributed by atoms with Crippen molar-refractivity contribution in [1.82, 2.24) is 5.32 Å². The molecule has 2 N–H and O–H groups in total. The van der Waals surface area contributed by atoms with Crippen LogP contribution in [0.15, 0.2) is 18.2 Å². The molecule has 0 radical (unpaired) electrons. The van der Waals surface area contributed by atoms with Crippen LogP contribution in [0, 0.1) is 0 Å². The van der Waals surface area contributed by atoms with Crippen LogP contribution >= 0.6 is 0 Å². The number of rotatable bonds is 3. The zero-order valence-corrected chi connectivity index (χ0v) is 11.8. The SMILES string of the molecule is COc1cccc2c1CCC2NC(=O)C1(O)CCCC1. The van der Waals surface area contributed by atoms with Gasteiger partial charge >= 0.3 is 0 Å². The van der Waals surface area contributed by atoms with E-state index in [9.17, 15) is 9.90 Å². The van der Waals surface area contributed by atoms with Gasteiger partial charge in [-0.1, -0.05) is 12.1 Å². The third-order valence-electron chi connectivity index (χ3n) is 4.61. The summed E-state index contributed by atoms with van der Waals surface area (Å²) in [7, 11) is 1.67. The molecule has 0 aromatic heterocycles. The third kappa shape index (κ3) is 2.18. The summed E-state index contributed by atoms with van der Waals surface area (Å²) in [6.07, 6.45) is 4.80. The Bertz CT molecular complexity index is 520. The van der Waals surface area contributed by atoms with Crippen LogP contribution in [0.3, 0.4) is 0 Å². The lowest BCUT2D eigenvalue weighted by molar-refractivity contribution is -0.140. The lowest BCUT2D eigenvalue weighted by Gasteiger charge is -2.24. The average molecular weight is 275 g/mol. The van der Waals surface area contributed by atoms with E-state index < -0.39 is 5.60 Å². The monoisotopic (exact) mass is 275 g/mol. The van der Waals surface area contributed by atoms with Crippen LogP contribution < -0.4 is 10.1 Å². The Morgan fingerprint density at radius 3 is 2.85 bits per heavy atom. The van der Waals surface area contributed by atoms with Crippen molar-refractivity contribution in [1.29, 1.82) is 0 Å². The van der Waals surface area contributed by atoms with E-state index >= 15 is 0 Å². The fourth-order valence-corrected chi connectivity index (χ4v) is 3.44. The number of fused-ring (bicyclic) bond motifs is 1. The number of amides is 1. The van der Waals surface area contributed by atoms with Gasteiger partial charge in [0.2, 0.25) is 0 Å². The number of ether oxygens (including phenoxy) is 1. The third-order valence-corrected chi connectivity index (χ3v) is 4.61. The molecule has 2 aliphatic carbocycles. The van der Waals surface area contributed by atoms with Crippen molar-refractivity contribution in [2.24, 2.45) is 0 Å². The molecule has 0 bridgehead atoms. The zero-order chi connectivity index (χ0) is 14.2. The van der Waals surface area contributed by atoms with Gasteiger partial charge in [0.15, 0.2) is 0 Å². The molecule has 1 saturated carbocycles. The van der Waals surface area contributed by atoms with Gasteiger partial charge in [-0.2, -0.15) is 0 Å². The molecule has 108 valence electrons. The van der Waals surface area contributed by atoms with Gasteiger partial charge in [0, 0.05) is 0 Å². The number of carbonyl (C=O) groups excluding carboxylic acids is 1. The normalized spacial score (nSPS) is 23.4. The Balaban J connectivity index is 1.77. The summed E-state index contributed by atoms with van der Waals surface area (Å²) in [5.74, 6) is 0.675. The highest BCUT2D eigenvalue weighted by molar-refractivity contribution is 5.85. The molecule has 1 unspecified atom stereocenters. The maximum absolute atomic E-state index is 12.3. The van der Waals surface area contributed by atoms with Crippen molar-refractivity contribution in [3.05, 3.63) is 29.3 Å². The van der Waals surface area contributed by atoms with E-state index in [1.165, 1.54) is 5.56 Å². The second-order valence-electron chi connectivity index (χ2n) is 5.83. The quantitative estimate of drug-likeness (QED) is 0.888. The minimum Gasteiger partial charge on any atom is -0.496 e. The van der Waals surface area contributed by atoms with Gasteiger partial charge in [-0.05, 0) is 55.7 Å². The van der Waals surface area contributed by atoms with Gasteiger partial charge < -0.3 is 15.2 Å². The van der Waals surface area contributed by atoms with Crippen LogP contribution in [0.25, 0.3) is 0 Å². The molecule has 0 saturated heterocycles. The number of nitrogens with one attached hydrogen (secondary N) is 1. The molecule has 20 heavy (non-hydrogen) atoms. The van der Waals surface area contributed by atoms with Crippen LogP contribution in [0.1, 0.15) is 49.3 Å². The van der Waals surface area contributed by atoms with Gasteiger partial charge in [0.25, 0.3) is 5.91 Å². The first-order valence-corrected chi connectivity index (χ1v) is 7.33. The molecular weight excluding hydrogens is 254 g/mol. The van der Waals surface area contributed by atoms with Gasteiger partial charge in [0.05, 0.1) is 13.2 Å². The van der Waals surface area contributed by atoms with E-state index in [1.54, 1.807) is 7.11 Å². The van der Waals surface area contributed by atoms with E-state index in [4.69, 9.17) is 4.74 Å². The van der Waals surface area contributed by atoms with Crippen LogP contribution in [0.4, 0.5) is 0 Å². The fraction of sp³-hybridized carbons (Fsp3) is 0.562. The molecule has 1 aromatic rings. The molecule has 1 fully saturated rings. The van der Waals surface area contributed by atoms with E-state index in [2.05, 4.69) is 5.32 Å².